The van der Waals surface area contributed by atoms with Crippen LogP contribution in [0.1, 0.15) is 29.8 Å². The molecule has 1 aliphatic heterocycles. The maximum absolute atomic E-state index is 13.9. The number of anilines is 1. The molecule has 0 spiro atoms. The van der Waals surface area contributed by atoms with Gasteiger partial charge in [-0.2, -0.15) is 0 Å². The van der Waals surface area contributed by atoms with Crippen molar-refractivity contribution >= 4 is 35.4 Å². The van der Waals surface area contributed by atoms with E-state index in [9.17, 15) is 32.8 Å². The van der Waals surface area contributed by atoms with Gasteiger partial charge in [0.1, 0.15) is 29.4 Å². The van der Waals surface area contributed by atoms with Crippen LogP contribution in [0, 0.1) is 11.6 Å². The molecule has 0 aliphatic carbocycles. The van der Waals surface area contributed by atoms with Gasteiger partial charge >= 0.3 is 12.0 Å². The van der Waals surface area contributed by atoms with Crippen LogP contribution in [-0.4, -0.2) is 69.0 Å². The van der Waals surface area contributed by atoms with Crippen molar-refractivity contribution in [2.24, 2.45) is 12.8 Å². The number of aryl methyl sites for hydroxylation is 1. The summed E-state index contributed by atoms with van der Waals surface area (Å²) in [6.45, 7) is -0.0994. The number of nitrogens with one attached hydrogen (secondary N) is 3. The second-order valence-corrected chi connectivity index (χ2v) is 8.53. The summed E-state index contributed by atoms with van der Waals surface area (Å²) in [7, 11) is 1.63. The Morgan fingerprint density at radius 1 is 1.19 bits per heavy atom. The number of halogens is 2. The zero-order valence-corrected chi connectivity index (χ0v) is 19.7. The number of aromatic nitrogens is 1. The van der Waals surface area contributed by atoms with Crippen molar-refractivity contribution in [1.82, 2.24) is 20.1 Å². The first-order valence-electron chi connectivity index (χ1n) is 11.2. The third kappa shape index (κ3) is 6.80. The lowest BCUT2D eigenvalue weighted by Crippen LogP contribution is -2.52. The van der Waals surface area contributed by atoms with E-state index in [1.54, 1.807) is 29.9 Å². The second kappa shape index (κ2) is 11.5. The highest BCUT2D eigenvalue weighted by Gasteiger charge is 2.42. The van der Waals surface area contributed by atoms with Crippen molar-refractivity contribution in [3.8, 4) is 0 Å². The highest BCUT2D eigenvalue weighted by atomic mass is 19.1. The van der Waals surface area contributed by atoms with Crippen LogP contribution in [0.15, 0.2) is 36.5 Å². The fourth-order valence-corrected chi connectivity index (χ4v) is 4.00. The molecule has 12 nitrogen and oxygen atoms in total. The number of carbonyl (C=O) groups excluding carboxylic acids is 4. The third-order valence-corrected chi connectivity index (χ3v) is 5.85. The number of primary amides is 1. The smallest absolute Gasteiger partial charge is 0.319 e. The molecule has 6 N–H and O–H groups in total. The molecule has 14 heteroatoms. The van der Waals surface area contributed by atoms with Gasteiger partial charge in [0.2, 0.25) is 11.8 Å². The molecular formula is C23H26F2N6O6. The molecule has 198 valence electrons. The Balaban J connectivity index is 1.76. The first-order valence-corrected chi connectivity index (χ1v) is 11.2. The van der Waals surface area contributed by atoms with Crippen LogP contribution in [0.5, 0.6) is 0 Å². The lowest BCUT2D eigenvalue weighted by molar-refractivity contribution is -0.138. The lowest BCUT2D eigenvalue weighted by Gasteiger charge is -2.25. The summed E-state index contributed by atoms with van der Waals surface area (Å²) in [4.78, 5) is 62.6. The average molecular weight is 520 g/mol. The van der Waals surface area contributed by atoms with Crippen molar-refractivity contribution in [2.45, 2.75) is 37.4 Å². The van der Waals surface area contributed by atoms with Gasteiger partial charge in [0.25, 0.3) is 5.91 Å². The quantitative estimate of drug-likeness (QED) is 0.322. The molecule has 2 aromatic rings. The van der Waals surface area contributed by atoms with Crippen molar-refractivity contribution < 1.29 is 37.9 Å². The summed E-state index contributed by atoms with van der Waals surface area (Å²) in [5.74, 6) is -5.22. The summed E-state index contributed by atoms with van der Waals surface area (Å²) in [6.07, 6.45) is 0.899. The predicted molar refractivity (Wildman–Crippen MR) is 125 cm³/mol. The minimum absolute atomic E-state index is 0.0638. The number of carboxylic acid groups (broad SMARTS) is 1. The van der Waals surface area contributed by atoms with Crippen LogP contribution >= 0.6 is 0 Å². The van der Waals surface area contributed by atoms with E-state index < -0.39 is 65.9 Å². The van der Waals surface area contributed by atoms with Gasteiger partial charge in [-0.3, -0.25) is 19.2 Å². The highest BCUT2D eigenvalue weighted by Crippen LogP contribution is 2.22. The first kappa shape index (κ1) is 27.1. The number of hydrogen-bond acceptors (Lipinski definition) is 5. The third-order valence-electron chi connectivity index (χ3n) is 5.85. The Morgan fingerprint density at radius 2 is 1.92 bits per heavy atom. The van der Waals surface area contributed by atoms with Gasteiger partial charge in [0, 0.05) is 32.3 Å². The van der Waals surface area contributed by atoms with E-state index in [0.717, 1.165) is 12.1 Å². The number of urea groups is 1. The Kier molecular flexibility index (Phi) is 8.42. The monoisotopic (exact) mass is 520 g/mol. The minimum atomic E-state index is -1.28. The summed E-state index contributed by atoms with van der Waals surface area (Å²) in [5.41, 5.74) is 5.29. The minimum Gasteiger partial charge on any atom is -0.481 e. The van der Waals surface area contributed by atoms with Gasteiger partial charge in [0.15, 0.2) is 0 Å². The van der Waals surface area contributed by atoms with Crippen LogP contribution in [0.4, 0.5) is 19.3 Å². The normalized spacial score (nSPS) is 17.6. The fraction of sp³-hybridized carbons (Fsp3) is 0.348. The number of nitrogens with two attached hydrogens (primary N) is 1. The van der Waals surface area contributed by atoms with E-state index in [-0.39, 0.29) is 30.8 Å². The Hall–Kier alpha value is -4.49. The molecule has 1 aromatic carbocycles. The summed E-state index contributed by atoms with van der Waals surface area (Å²) in [5, 5.41) is 16.1. The number of aliphatic carboxylic acids is 1. The molecule has 0 unspecified atom stereocenters. The number of carboxylic acids is 1. The molecule has 0 bridgehead atoms. The van der Waals surface area contributed by atoms with Gasteiger partial charge in [-0.1, -0.05) is 0 Å². The number of hydrogen-bond donors (Lipinski definition) is 5. The predicted octanol–water partition coefficient (Wildman–Crippen LogP) is 0.543. The van der Waals surface area contributed by atoms with E-state index in [4.69, 9.17) is 10.8 Å². The summed E-state index contributed by atoms with van der Waals surface area (Å²) < 4.78 is 28.6. The SMILES string of the molecule is Cn1cccc1C(=O)N1C[C@@H](NC(=O)Nc2ccc(F)cc2F)C[C@H]1C(=O)N[C@@H](CCC(=O)O)C(N)=O. The van der Waals surface area contributed by atoms with E-state index in [1.165, 1.54) is 4.90 Å². The van der Waals surface area contributed by atoms with Gasteiger partial charge in [-0.25, -0.2) is 13.6 Å². The standard InChI is InChI=1S/C23H26F2N6O6/c1-30-8-2-3-17(30)22(36)31-11-13(27-23(37)29-15-5-4-12(24)9-14(15)25)10-18(31)21(35)28-16(20(26)34)6-7-19(32)33/h2-5,8-9,13,16,18H,6-7,10-11H2,1H3,(H2,26,34)(H,28,35)(H,32,33)(H2,27,29,37)/t13-,16-,18-/m0/s1. The van der Waals surface area contributed by atoms with Crippen molar-refractivity contribution in [1.29, 1.82) is 0 Å². The Morgan fingerprint density at radius 3 is 2.51 bits per heavy atom. The number of nitrogens with zero attached hydrogens (tertiary/aromatic N) is 2. The van der Waals surface area contributed by atoms with Crippen molar-refractivity contribution in [2.75, 3.05) is 11.9 Å². The lowest BCUT2D eigenvalue weighted by atomic mass is 10.1. The molecule has 1 fully saturated rings. The molecule has 0 radical (unpaired) electrons. The van der Waals surface area contributed by atoms with Crippen LogP contribution < -0.4 is 21.7 Å². The van der Waals surface area contributed by atoms with Gasteiger partial charge in [-0.05, 0) is 37.1 Å². The molecule has 3 atom stereocenters. The zero-order valence-electron chi connectivity index (χ0n) is 19.7. The van der Waals surface area contributed by atoms with E-state index in [1.807, 2.05) is 0 Å². The first-order chi connectivity index (χ1) is 17.5. The van der Waals surface area contributed by atoms with Crippen LogP contribution in [0.2, 0.25) is 0 Å². The Labute approximate surface area is 209 Å². The average Bonchev–Trinajstić information content (AvgIpc) is 3.43. The number of amides is 5. The van der Waals surface area contributed by atoms with Crippen LogP contribution in [-0.2, 0) is 21.4 Å². The number of benzene rings is 1. The second-order valence-electron chi connectivity index (χ2n) is 8.53. The molecule has 5 amide bonds. The molecular weight excluding hydrogens is 494 g/mol. The number of rotatable bonds is 9. The Bertz CT molecular complexity index is 1220. The molecule has 1 saturated heterocycles. The summed E-state index contributed by atoms with van der Waals surface area (Å²) >= 11 is 0. The molecule has 1 aliphatic rings. The number of likely N-dealkylation sites (tertiary alicyclic amines) is 1. The van der Waals surface area contributed by atoms with Crippen LogP contribution in [0.3, 0.4) is 0 Å². The fourth-order valence-electron chi connectivity index (χ4n) is 4.00. The van der Waals surface area contributed by atoms with Gasteiger partial charge in [0.05, 0.1) is 11.7 Å². The number of carbonyl (C=O) groups is 5. The molecule has 0 saturated carbocycles. The van der Waals surface area contributed by atoms with E-state index in [2.05, 4.69) is 16.0 Å². The van der Waals surface area contributed by atoms with Crippen molar-refractivity contribution in [3.63, 3.8) is 0 Å². The molecule has 1 aromatic heterocycles. The van der Waals surface area contributed by atoms with Gasteiger partial charge < -0.3 is 36.3 Å². The highest BCUT2D eigenvalue weighted by molar-refractivity contribution is 5.98. The van der Waals surface area contributed by atoms with Crippen LogP contribution in [0.25, 0.3) is 0 Å². The molecule has 37 heavy (non-hydrogen) atoms. The largest absolute Gasteiger partial charge is 0.481 e. The van der Waals surface area contributed by atoms with E-state index >= 15 is 0 Å². The maximum atomic E-state index is 13.9. The molecule has 2 heterocycles. The summed E-state index contributed by atoms with van der Waals surface area (Å²) in [6, 6.07) is 1.76. The topological polar surface area (TPSA) is 176 Å². The maximum Gasteiger partial charge on any atom is 0.319 e. The molecule has 3 rings (SSSR count). The zero-order chi connectivity index (χ0) is 27.3. The van der Waals surface area contributed by atoms with E-state index in [0.29, 0.717) is 6.07 Å². The van der Waals surface area contributed by atoms with Crippen molar-refractivity contribution in [3.05, 3.63) is 53.9 Å². The van der Waals surface area contributed by atoms with Gasteiger partial charge in [-0.15, -0.1) is 0 Å².